The molecule has 11 heavy (non-hydrogen) atoms. The van der Waals surface area contributed by atoms with E-state index in [0.717, 1.165) is 18.4 Å². The van der Waals surface area contributed by atoms with Crippen molar-refractivity contribution in [3.8, 4) is 0 Å². The van der Waals surface area contributed by atoms with E-state index >= 15 is 0 Å². The first-order valence-corrected chi connectivity index (χ1v) is 4.47. The Balaban J connectivity index is 3.68. The predicted molar refractivity (Wildman–Crippen MR) is 37.6 cm³/mol. The van der Waals surface area contributed by atoms with Crippen LogP contribution in [-0.2, 0) is 19.1 Å². The van der Waals surface area contributed by atoms with E-state index in [0.29, 0.717) is 0 Å². The van der Waals surface area contributed by atoms with Gasteiger partial charge in [-0.2, -0.15) is 8.42 Å². The highest BCUT2D eigenvalue weighted by Crippen LogP contribution is 1.86. The monoisotopic (exact) mass is 180 g/mol. The molecule has 0 bridgehead atoms. The first-order valence-electron chi connectivity index (χ1n) is 2.65. The molecular formula is C5H8O5S. The van der Waals surface area contributed by atoms with E-state index in [-0.39, 0.29) is 6.61 Å². The molecule has 0 aliphatic heterocycles. The largest absolute Gasteiger partial charge is 0.478 e. The Bertz CT molecular complexity index is 250. The van der Waals surface area contributed by atoms with Crippen LogP contribution in [0.1, 0.15) is 0 Å². The van der Waals surface area contributed by atoms with E-state index in [1.54, 1.807) is 0 Å². The third-order valence-electron chi connectivity index (χ3n) is 0.639. The van der Waals surface area contributed by atoms with Crippen LogP contribution in [0.5, 0.6) is 0 Å². The van der Waals surface area contributed by atoms with Crippen molar-refractivity contribution >= 4 is 16.1 Å². The summed E-state index contributed by atoms with van der Waals surface area (Å²) in [5.74, 6) is -1.14. The lowest BCUT2D eigenvalue weighted by Gasteiger charge is -1.93. The molecule has 64 valence electrons. The van der Waals surface area contributed by atoms with Crippen molar-refractivity contribution in [2.75, 3.05) is 12.9 Å². The van der Waals surface area contributed by atoms with Crippen molar-refractivity contribution in [1.29, 1.82) is 0 Å². The number of hydrogen-bond donors (Lipinski definition) is 1. The smallest absolute Gasteiger partial charge is 0.328 e. The summed E-state index contributed by atoms with van der Waals surface area (Å²) in [7, 11) is -3.47. The summed E-state index contributed by atoms with van der Waals surface area (Å²) in [5, 5.41) is 8.05. The molecule has 0 saturated heterocycles. The molecule has 0 aliphatic carbocycles. The average molecular weight is 180 g/mol. The molecule has 0 atom stereocenters. The molecular weight excluding hydrogens is 172 g/mol. The van der Waals surface area contributed by atoms with Gasteiger partial charge in [0.05, 0.1) is 12.9 Å². The number of carboxylic acids is 1. The summed E-state index contributed by atoms with van der Waals surface area (Å²) < 4.78 is 24.7. The SMILES string of the molecule is CS(=O)(=O)OC/C=C/C(=O)O. The summed E-state index contributed by atoms with van der Waals surface area (Å²) in [6.07, 6.45) is 2.80. The van der Waals surface area contributed by atoms with Gasteiger partial charge in [0.1, 0.15) is 0 Å². The highest BCUT2D eigenvalue weighted by molar-refractivity contribution is 7.85. The Kier molecular flexibility index (Phi) is 3.77. The molecule has 0 unspecified atom stereocenters. The van der Waals surface area contributed by atoms with Crippen LogP contribution in [-0.4, -0.2) is 32.4 Å². The molecule has 5 nitrogen and oxygen atoms in total. The summed E-state index contributed by atoms with van der Waals surface area (Å²) in [4.78, 5) is 9.83. The molecule has 0 aromatic heterocycles. The Hall–Kier alpha value is -0.880. The molecule has 0 aliphatic rings. The van der Waals surface area contributed by atoms with E-state index in [2.05, 4.69) is 4.18 Å². The minimum Gasteiger partial charge on any atom is -0.478 e. The summed E-state index contributed by atoms with van der Waals surface area (Å²) in [6.45, 7) is -0.245. The minimum absolute atomic E-state index is 0.245. The van der Waals surface area contributed by atoms with Crippen LogP contribution in [0.4, 0.5) is 0 Å². The van der Waals surface area contributed by atoms with Crippen LogP contribution in [0.25, 0.3) is 0 Å². The number of hydrogen-bond acceptors (Lipinski definition) is 4. The zero-order chi connectivity index (χ0) is 8.91. The highest BCUT2D eigenvalue weighted by Gasteiger charge is 1.97. The number of carboxylic acid groups (broad SMARTS) is 1. The Morgan fingerprint density at radius 2 is 2.18 bits per heavy atom. The van der Waals surface area contributed by atoms with Crippen LogP contribution in [0.2, 0.25) is 0 Å². The first kappa shape index (κ1) is 10.1. The second-order valence-corrected chi connectivity index (χ2v) is 3.37. The van der Waals surface area contributed by atoms with Crippen LogP contribution in [0.15, 0.2) is 12.2 Å². The average Bonchev–Trinajstić information content (AvgIpc) is 1.78. The van der Waals surface area contributed by atoms with Gasteiger partial charge in [0.15, 0.2) is 0 Å². The van der Waals surface area contributed by atoms with Gasteiger partial charge in [-0.05, 0) is 0 Å². The van der Waals surface area contributed by atoms with Crippen molar-refractivity contribution in [2.45, 2.75) is 0 Å². The molecule has 1 N–H and O–H groups in total. The molecule has 0 rings (SSSR count). The maximum atomic E-state index is 10.3. The van der Waals surface area contributed by atoms with Crippen molar-refractivity contribution in [1.82, 2.24) is 0 Å². The van der Waals surface area contributed by atoms with Crippen molar-refractivity contribution < 1.29 is 22.5 Å². The topological polar surface area (TPSA) is 80.7 Å². The fraction of sp³-hybridized carbons (Fsp3) is 0.400. The lowest BCUT2D eigenvalue weighted by atomic mass is 10.5. The van der Waals surface area contributed by atoms with E-state index in [1.165, 1.54) is 0 Å². The summed E-state index contributed by atoms with van der Waals surface area (Å²) >= 11 is 0. The first-order chi connectivity index (χ1) is 4.92. The van der Waals surface area contributed by atoms with Crippen molar-refractivity contribution in [3.05, 3.63) is 12.2 Å². The summed E-state index contributed by atoms with van der Waals surface area (Å²) in [5.41, 5.74) is 0. The van der Waals surface area contributed by atoms with E-state index < -0.39 is 16.1 Å². The lowest BCUT2D eigenvalue weighted by Crippen LogP contribution is -2.02. The molecule has 6 heteroatoms. The van der Waals surface area contributed by atoms with E-state index in [9.17, 15) is 13.2 Å². The third kappa shape index (κ3) is 9.12. The zero-order valence-electron chi connectivity index (χ0n) is 5.85. The molecule has 0 aromatic rings. The third-order valence-corrected chi connectivity index (χ3v) is 1.20. The van der Waals surface area contributed by atoms with Gasteiger partial charge >= 0.3 is 5.97 Å². The molecule has 0 aromatic carbocycles. The number of aliphatic carboxylic acids is 1. The molecule has 0 spiro atoms. The van der Waals surface area contributed by atoms with Crippen LogP contribution < -0.4 is 0 Å². The minimum atomic E-state index is -3.47. The fourth-order valence-corrected chi connectivity index (χ4v) is 0.638. The van der Waals surface area contributed by atoms with Gasteiger partial charge in [0, 0.05) is 6.08 Å². The van der Waals surface area contributed by atoms with Gasteiger partial charge in [-0.3, -0.25) is 4.18 Å². The maximum absolute atomic E-state index is 10.3. The molecule has 0 radical (unpaired) electrons. The lowest BCUT2D eigenvalue weighted by molar-refractivity contribution is -0.131. The second-order valence-electron chi connectivity index (χ2n) is 1.73. The van der Waals surface area contributed by atoms with Crippen molar-refractivity contribution in [2.24, 2.45) is 0 Å². The van der Waals surface area contributed by atoms with Crippen LogP contribution in [0, 0.1) is 0 Å². The highest BCUT2D eigenvalue weighted by atomic mass is 32.2. The van der Waals surface area contributed by atoms with Gasteiger partial charge in [0.25, 0.3) is 10.1 Å². The second kappa shape index (κ2) is 4.09. The van der Waals surface area contributed by atoms with Crippen LogP contribution in [0.3, 0.4) is 0 Å². The Morgan fingerprint density at radius 1 is 1.64 bits per heavy atom. The molecule has 0 saturated carbocycles. The molecule has 0 heterocycles. The quantitative estimate of drug-likeness (QED) is 0.470. The fourth-order valence-electron chi connectivity index (χ4n) is 0.312. The Labute approximate surface area is 64.4 Å². The van der Waals surface area contributed by atoms with Gasteiger partial charge in [-0.15, -0.1) is 0 Å². The molecule has 0 amide bonds. The molecule has 0 fully saturated rings. The van der Waals surface area contributed by atoms with Gasteiger partial charge in [0.2, 0.25) is 0 Å². The zero-order valence-corrected chi connectivity index (χ0v) is 6.67. The standard InChI is InChI=1S/C5H8O5S/c1-11(8,9)10-4-2-3-5(6)7/h2-3H,4H2,1H3,(H,6,7)/b3-2+. The number of carbonyl (C=O) groups is 1. The van der Waals surface area contributed by atoms with E-state index in [1.807, 2.05) is 0 Å². The normalized spacial score (nSPS) is 12.1. The van der Waals surface area contributed by atoms with Crippen molar-refractivity contribution in [3.63, 3.8) is 0 Å². The van der Waals surface area contributed by atoms with Gasteiger partial charge in [-0.25, -0.2) is 4.79 Å². The summed E-state index contributed by atoms with van der Waals surface area (Å²) in [6, 6.07) is 0. The number of rotatable bonds is 4. The van der Waals surface area contributed by atoms with Gasteiger partial charge < -0.3 is 5.11 Å². The van der Waals surface area contributed by atoms with Gasteiger partial charge in [-0.1, -0.05) is 6.08 Å². The van der Waals surface area contributed by atoms with Crippen LogP contribution >= 0.6 is 0 Å². The maximum Gasteiger partial charge on any atom is 0.328 e. The van der Waals surface area contributed by atoms with E-state index in [4.69, 9.17) is 5.11 Å². The predicted octanol–water partition coefficient (Wildman–Crippen LogP) is -0.397. The Morgan fingerprint density at radius 3 is 2.55 bits per heavy atom.